The lowest BCUT2D eigenvalue weighted by Gasteiger charge is -2.36. The molecule has 2 atom stereocenters. The second-order valence-corrected chi connectivity index (χ2v) is 13.5. The maximum atomic E-state index is 13.3. The van der Waals surface area contributed by atoms with E-state index in [0.717, 1.165) is 16.7 Å². The summed E-state index contributed by atoms with van der Waals surface area (Å²) in [6.07, 6.45) is 1.60. The van der Waals surface area contributed by atoms with Gasteiger partial charge in [0.1, 0.15) is 5.78 Å². The van der Waals surface area contributed by atoms with Gasteiger partial charge in [-0.1, -0.05) is 39.8 Å². The zero-order valence-corrected chi connectivity index (χ0v) is 21.2. The predicted octanol–water partition coefficient (Wildman–Crippen LogP) is 4.59. The monoisotopic (exact) mass is 501 g/mol. The highest BCUT2D eigenvalue weighted by molar-refractivity contribution is 8.00. The summed E-state index contributed by atoms with van der Waals surface area (Å²) >= 11 is 1.62. The Kier molecular flexibility index (Phi) is 5.28. The zero-order valence-electron chi connectivity index (χ0n) is 19.6. The average molecular weight is 502 g/mol. The van der Waals surface area contributed by atoms with Crippen molar-refractivity contribution in [1.29, 1.82) is 0 Å². The Morgan fingerprint density at radius 3 is 2.35 bits per heavy atom. The van der Waals surface area contributed by atoms with Crippen molar-refractivity contribution >= 4 is 50.3 Å². The minimum absolute atomic E-state index is 0.0810. The third-order valence-electron chi connectivity index (χ3n) is 7.94. The van der Waals surface area contributed by atoms with Gasteiger partial charge >= 0.3 is 0 Å². The molecule has 5 rings (SSSR count). The molecule has 0 radical (unpaired) electrons. The van der Waals surface area contributed by atoms with Gasteiger partial charge in [-0.05, 0) is 47.8 Å². The highest BCUT2D eigenvalue weighted by Gasteiger charge is 2.65. The van der Waals surface area contributed by atoms with Crippen molar-refractivity contribution in [2.45, 2.75) is 57.1 Å². The number of hydroxylamine groups is 2. The van der Waals surface area contributed by atoms with E-state index >= 15 is 0 Å². The number of thioether (sulfide) groups is 1. The molecule has 2 bridgehead atoms. The van der Waals surface area contributed by atoms with Crippen LogP contribution in [0.15, 0.2) is 35.2 Å². The molecule has 0 spiro atoms. The summed E-state index contributed by atoms with van der Waals surface area (Å²) < 4.78 is 31.5. The third kappa shape index (κ3) is 3.27. The molecule has 2 unspecified atom stereocenters. The molecule has 2 saturated carbocycles. The van der Waals surface area contributed by atoms with Crippen molar-refractivity contribution in [2.24, 2.45) is 16.7 Å². The van der Waals surface area contributed by atoms with E-state index in [-0.39, 0.29) is 22.8 Å². The van der Waals surface area contributed by atoms with Crippen LogP contribution in [-0.4, -0.2) is 42.1 Å². The Morgan fingerprint density at radius 2 is 1.76 bits per heavy atom. The number of imide groups is 1. The highest BCUT2D eigenvalue weighted by Crippen LogP contribution is 2.64. The van der Waals surface area contributed by atoms with Crippen LogP contribution in [0.3, 0.4) is 0 Å². The van der Waals surface area contributed by atoms with Crippen LogP contribution in [0.2, 0.25) is 0 Å². The molecule has 0 N–H and O–H groups in total. The van der Waals surface area contributed by atoms with Gasteiger partial charge < -0.3 is 0 Å². The molecule has 2 fully saturated rings. The van der Waals surface area contributed by atoms with Gasteiger partial charge in [-0.15, -0.1) is 21.1 Å². The third-order valence-corrected chi connectivity index (χ3v) is 10.2. The molecule has 0 saturated heterocycles. The lowest BCUT2D eigenvalue weighted by atomic mass is 9.70. The number of fused-ring (bicyclic) bond motifs is 2. The fourth-order valence-corrected chi connectivity index (χ4v) is 8.67. The summed E-state index contributed by atoms with van der Waals surface area (Å²) in [6, 6.07) is 8.55. The average Bonchev–Trinajstić information content (AvgIpc) is 3.09. The van der Waals surface area contributed by atoms with Crippen LogP contribution >= 0.6 is 11.8 Å². The van der Waals surface area contributed by atoms with Gasteiger partial charge in [0, 0.05) is 22.0 Å². The summed E-state index contributed by atoms with van der Waals surface area (Å²) in [5, 5.41) is 1.92. The molecule has 2 aromatic rings. The molecule has 7 nitrogen and oxygen atoms in total. The lowest BCUT2D eigenvalue weighted by molar-refractivity contribution is -0.128. The number of carbonyl (C=O) groups excluding carboxylic acids is 3. The molecule has 3 aliphatic rings. The van der Waals surface area contributed by atoms with Crippen molar-refractivity contribution in [3.8, 4) is 0 Å². The van der Waals surface area contributed by atoms with E-state index in [1.54, 1.807) is 30.0 Å². The molecular formula is C25H27NO6S2. The van der Waals surface area contributed by atoms with Gasteiger partial charge in [-0.3, -0.25) is 14.4 Å². The molecule has 2 amide bonds. The number of benzene rings is 2. The van der Waals surface area contributed by atoms with Crippen molar-refractivity contribution in [3.63, 3.8) is 0 Å². The Bertz CT molecular complexity index is 1340. The minimum atomic E-state index is -4.41. The smallest absolute Gasteiger partial charge is 0.289 e. The number of Topliss-reactive ketones (excluding diaryl/α,β-unsaturated/α-hetero) is 1. The van der Waals surface area contributed by atoms with E-state index in [0.29, 0.717) is 28.5 Å². The van der Waals surface area contributed by atoms with E-state index in [2.05, 4.69) is 13.8 Å². The summed E-state index contributed by atoms with van der Waals surface area (Å²) in [5.74, 6) is -2.13. The van der Waals surface area contributed by atoms with Gasteiger partial charge in [0.2, 0.25) is 0 Å². The Balaban J connectivity index is 1.49. The van der Waals surface area contributed by atoms with Crippen LogP contribution in [0, 0.1) is 16.7 Å². The van der Waals surface area contributed by atoms with Crippen LogP contribution < -0.4 is 0 Å². The molecule has 1 heterocycles. The van der Waals surface area contributed by atoms with Gasteiger partial charge in [0.05, 0.1) is 22.3 Å². The quantitative estimate of drug-likeness (QED) is 0.422. The largest absolute Gasteiger partial charge is 0.299 e. The van der Waals surface area contributed by atoms with E-state index in [1.165, 1.54) is 0 Å². The number of ketones is 1. The lowest BCUT2D eigenvalue weighted by Crippen LogP contribution is -2.46. The van der Waals surface area contributed by atoms with E-state index in [1.807, 2.05) is 26.0 Å². The maximum Gasteiger partial charge on any atom is 0.289 e. The Morgan fingerprint density at radius 1 is 1.09 bits per heavy atom. The van der Waals surface area contributed by atoms with Gasteiger partial charge in [0.25, 0.3) is 21.9 Å². The van der Waals surface area contributed by atoms with Crippen LogP contribution in [-0.2, 0) is 19.2 Å². The topological polar surface area (TPSA) is 97.8 Å². The molecule has 2 aliphatic carbocycles. The summed E-state index contributed by atoms with van der Waals surface area (Å²) in [4.78, 5) is 40.2. The van der Waals surface area contributed by atoms with Crippen LogP contribution in [0.5, 0.6) is 0 Å². The maximum absolute atomic E-state index is 13.3. The number of amides is 2. The van der Waals surface area contributed by atoms with Crippen LogP contribution in [0.4, 0.5) is 0 Å². The van der Waals surface area contributed by atoms with Crippen LogP contribution in [0.25, 0.3) is 10.8 Å². The predicted molar refractivity (Wildman–Crippen MR) is 129 cm³/mol. The van der Waals surface area contributed by atoms with Crippen molar-refractivity contribution in [1.82, 2.24) is 5.06 Å². The molecular weight excluding hydrogens is 474 g/mol. The number of carbonyl (C=O) groups is 3. The van der Waals surface area contributed by atoms with E-state index < -0.39 is 38.5 Å². The molecule has 1 aliphatic heterocycles. The number of hydrogen-bond acceptors (Lipinski definition) is 7. The Hall–Kier alpha value is -2.23. The first-order valence-electron chi connectivity index (χ1n) is 11.4. The highest BCUT2D eigenvalue weighted by atomic mass is 32.2. The number of nitrogens with zero attached hydrogens (tertiary/aromatic N) is 1. The zero-order chi connectivity index (χ0) is 24.6. The molecule has 0 aromatic heterocycles. The molecule has 9 heteroatoms. The molecule has 180 valence electrons. The van der Waals surface area contributed by atoms with Crippen molar-refractivity contribution in [3.05, 3.63) is 41.5 Å². The second-order valence-electron chi connectivity index (χ2n) is 10.4. The normalized spacial score (nSPS) is 25.7. The first-order valence-corrected chi connectivity index (χ1v) is 13.9. The first kappa shape index (κ1) is 23.5. The van der Waals surface area contributed by atoms with Crippen molar-refractivity contribution < 1.29 is 27.1 Å². The van der Waals surface area contributed by atoms with Crippen molar-refractivity contribution in [2.75, 3.05) is 5.75 Å². The van der Waals surface area contributed by atoms with Gasteiger partial charge in [-0.25, -0.2) is 0 Å². The fourth-order valence-electron chi connectivity index (χ4n) is 6.02. The number of rotatable bonds is 6. The fraction of sp³-hybridized carbons (Fsp3) is 0.480. The van der Waals surface area contributed by atoms with E-state index in [4.69, 9.17) is 4.28 Å². The summed E-state index contributed by atoms with van der Waals surface area (Å²) in [5.41, 5.74) is -1.12. The van der Waals surface area contributed by atoms with Gasteiger partial charge in [-0.2, -0.15) is 8.42 Å². The molecule has 34 heavy (non-hydrogen) atoms. The molecule has 2 aromatic carbocycles. The number of hydrogen-bond donors (Lipinski definition) is 0. The summed E-state index contributed by atoms with van der Waals surface area (Å²) in [7, 11) is -4.41. The van der Waals surface area contributed by atoms with Crippen LogP contribution in [0.1, 0.15) is 67.7 Å². The van der Waals surface area contributed by atoms with Gasteiger partial charge in [0.15, 0.2) is 0 Å². The van der Waals surface area contributed by atoms with E-state index in [9.17, 15) is 22.8 Å². The first-order chi connectivity index (χ1) is 15.9. The SMILES string of the molecule is CC(C)Sc1ccc2c3c(cccc13)C(=O)N(OS(=O)(=O)CC13CCC(CC1=O)C3(C)C)C2=O. The second kappa shape index (κ2) is 7.63. The standard InChI is InChI=1S/C25H27NO6S2/c1-14(2)33-19-9-8-18-21-16(19)6-5-7-17(21)22(28)26(23(18)29)32-34(30,31)13-25-11-10-15(12-20(25)27)24(25,3)4/h5-9,14-15H,10-13H2,1-4H3. The minimum Gasteiger partial charge on any atom is -0.299 e. The Labute approximate surface area is 203 Å². The summed E-state index contributed by atoms with van der Waals surface area (Å²) in [6.45, 7) is 7.95.